The fourth-order valence-corrected chi connectivity index (χ4v) is 4.18. The molecule has 4 aromatic rings. The van der Waals surface area contributed by atoms with Crippen LogP contribution < -0.4 is 14.8 Å². The summed E-state index contributed by atoms with van der Waals surface area (Å²) in [5, 5.41) is 4.91. The molecule has 1 aliphatic rings. The number of H-pyrrole nitrogens is 1. The molecule has 0 aliphatic carbocycles. The Balaban J connectivity index is 1.36. The summed E-state index contributed by atoms with van der Waals surface area (Å²) in [6.45, 7) is 1.14. The summed E-state index contributed by atoms with van der Waals surface area (Å²) in [6.07, 6.45) is 2.70. The summed E-state index contributed by atoms with van der Waals surface area (Å²) in [5.74, 6) is 1.40. The molecular weight excluding hydrogens is 461 g/mol. The SMILES string of the molecule is O=C(Nc1ccc(Cl)c(Cl)c1)N(CCc1c[nH]c2ccccc12)Cc1ccc2c(c1)OCO2. The van der Waals surface area contributed by atoms with Gasteiger partial charge < -0.3 is 24.7 Å². The van der Waals surface area contributed by atoms with E-state index in [2.05, 4.69) is 16.4 Å². The summed E-state index contributed by atoms with van der Waals surface area (Å²) >= 11 is 12.1. The first kappa shape index (κ1) is 21.5. The van der Waals surface area contributed by atoms with E-state index in [0.717, 1.165) is 22.0 Å². The van der Waals surface area contributed by atoms with Gasteiger partial charge in [-0.2, -0.15) is 0 Å². The molecule has 6 nitrogen and oxygen atoms in total. The van der Waals surface area contributed by atoms with Gasteiger partial charge in [0.1, 0.15) is 0 Å². The van der Waals surface area contributed by atoms with Gasteiger partial charge in [0.25, 0.3) is 0 Å². The molecule has 5 rings (SSSR count). The lowest BCUT2D eigenvalue weighted by atomic mass is 10.1. The van der Waals surface area contributed by atoms with Crippen LogP contribution in [0.15, 0.2) is 66.9 Å². The first-order chi connectivity index (χ1) is 16.1. The van der Waals surface area contributed by atoms with Crippen LogP contribution in [0.1, 0.15) is 11.1 Å². The monoisotopic (exact) mass is 481 g/mol. The quantitative estimate of drug-likeness (QED) is 0.331. The van der Waals surface area contributed by atoms with E-state index in [-0.39, 0.29) is 12.8 Å². The molecule has 168 valence electrons. The third-order valence-corrected chi connectivity index (χ3v) is 6.33. The highest BCUT2D eigenvalue weighted by Crippen LogP contribution is 2.33. The number of urea groups is 1. The molecule has 1 aromatic heterocycles. The first-order valence-corrected chi connectivity index (χ1v) is 11.3. The predicted molar refractivity (Wildman–Crippen MR) is 130 cm³/mol. The van der Waals surface area contributed by atoms with E-state index in [9.17, 15) is 4.79 Å². The predicted octanol–water partition coefficient (Wildman–Crippen LogP) is 6.48. The van der Waals surface area contributed by atoms with E-state index in [1.165, 1.54) is 0 Å². The highest BCUT2D eigenvalue weighted by atomic mass is 35.5. The summed E-state index contributed by atoms with van der Waals surface area (Å²) in [4.78, 5) is 18.3. The zero-order valence-corrected chi connectivity index (χ0v) is 19.1. The number of benzene rings is 3. The fraction of sp³-hybridized carbons (Fsp3) is 0.160. The lowest BCUT2D eigenvalue weighted by molar-refractivity contribution is 0.174. The van der Waals surface area contributed by atoms with Gasteiger partial charge in [-0.25, -0.2) is 4.79 Å². The summed E-state index contributed by atoms with van der Waals surface area (Å²) in [7, 11) is 0. The number of fused-ring (bicyclic) bond motifs is 2. The molecule has 0 spiro atoms. The van der Waals surface area contributed by atoms with E-state index in [1.807, 2.05) is 42.6 Å². The van der Waals surface area contributed by atoms with Crippen molar-refractivity contribution in [3.05, 3.63) is 88.0 Å². The van der Waals surface area contributed by atoms with Crippen molar-refractivity contribution in [3.8, 4) is 11.5 Å². The second-order valence-electron chi connectivity index (χ2n) is 7.78. The van der Waals surface area contributed by atoms with Crippen molar-refractivity contribution in [3.63, 3.8) is 0 Å². The Hall–Kier alpha value is -3.35. The molecule has 3 aromatic carbocycles. The Bertz CT molecular complexity index is 1320. The minimum Gasteiger partial charge on any atom is -0.454 e. The number of ether oxygens (including phenoxy) is 2. The molecular formula is C25H21Cl2N3O3. The highest BCUT2D eigenvalue weighted by Gasteiger charge is 2.19. The van der Waals surface area contributed by atoms with Crippen LogP contribution in [-0.4, -0.2) is 29.3 Å². The number of nitrogens with one attached hydrogen (secondary N) is 2. The van der Waals surface area contributed by atoms with Gasteiger partial charge in [0.2, 0.25) is 6.79 Å². The number of halogens is 2. The number of aromatic amines is 1. The van der Waals surface area contributed by atoms with Gasteiger partial charge >= 0.3 is 6.03 Å². The van der Waals surface area contributed by atoms with Gasteiger partial charge in [-0.15, -0.1) is 0 Å². The average molecular weight is 482 g/mol. The van der Waals surface area contributed by atoms with Crippen LogP contribution in [-0.2, 0) is 13.0 Å². The Morgan fingerprint density at radius 1 is 1.00 bits per heavy atom. The van der Waals surface area contributed by atoms with Gasteiger partial charge in [-0.05, 0) is 53.9 Å². The largest absolute Gasteiger partial charge is 0.454 e. The minimum absolute atomic E-state index is 0.209. The maximum atomic E-state index is 13.2. The molecule has 33 heavy (non-hydrogen) atoms. The van der Waals surface area contributed by atoms with Crippen LogP contribution in [0.5, 0.6) is 11.5 Å². The lowest BCUT2D eigenvalue weighted by Crippen LogP contribution is -2.36. The van der Waals surface area contributed by atoms with Crippen LogP contribution in [0.4, 0.5) is 10.5 Å². The molecule has 0 radical (unpaired) electrons. The van der Waals surface area contributed by atoms with Crippen LogP contribution in [0, 0.1) is 0 Å². The molecule has 2 N–H and O–H groups in total. The van der Waals surface area contributed by atoms with Gasteiger partial charge in [0.15, 0.2) is 11.5 Å². The number of para-hydroxylation sites is 1. The number of hydrogen-bond donors (Lipinski definition) is 2. The molecule has 8 heteroatoms. The van der Waals surface area contributed by atoms with Crippen molar-refractivity contribution in [1.82, 2.24) is 9.88 Å². The summed E-state index contributed by atoms with van der Waals surface area (Å²) in [6, 6.07) is 18.7. The number of nitrogens with zero attached hydrogens (tertiary/aromatic N) is 1. The molecule has 0 fully saturated rings. The number of hydrogen-bond acceptors (Lipinski definition) is 3. The maximum absolute atomic E-state index is 13.2. The first-order valence-electron chi connectivity index (χ1n) is 10.5. The molecule has 2 amide bonds. The topological polar surface area (TPSA) is 66.6 Å². The van der Waals surface area contributed by atoms with E-state index in [4.69, 9.17) is 32.7 Å². The zero-order valence-electron chi connectivity index (χ0n) is 17.6. The van der Waals surface area contributed by atoms with E-state index < -0.39 is 0 Å². The molecule has 0 bridgehead atoms. The maximum Gasteiger partial charge on any atom is 0.322 e. The molecule has 0 saturated carbocycles. The minimum atomic E-state index is -0.231. The van der Waals surface area contributed by atoms with E-state index in [0.29, 0.717) is 46.7 Å². The normalized spacial score (nSPS) is 12.2. The van der Waals surface area contributed by atoms with Crippen LogP contribution in [0.25, 0.3) is 10.9 Å². The van der Waals surface area contributed by atoms with Crippen molar-refractivity contribution in [2.45, 2.75) is 13.0 Å². The van der Waals surface area contributed by atoms with E-state index >= 15 is 0 Å². The summed E-state index contributed by atoms with van der Waals surface area (Å²) < 4.78 is 10.9. The number of rotatable bonds is 6. The van der Waals surface area contributed by atoms with Gasteiger partial charge in [0.05, 0.1) is 10.0 Å². The van der Waals surface area contributed by atoms with E-state index in [1.54, 1.807) is 23.1 Å². The Morgan fingerprint density at radius 3 is 2.73 bits per heavy atom. The standard InChI is InChI=1S/C25H21Cl2N3O3/c26-20-7-6-18(12-21(20)27)29-25(31)30(14-16-5-8-23-24(11-16)33-15-32-23)10-9-17-13-28-22-4-2-1-3-19(17)22/h1-8,11-13,28H,9-10,14-15H2,(H,29,31). The van der Waals surface area contributed by atoms with Crippen molar-refractivity contribution >= 4 is 45.8 Å². The second kappa shape index (κ2) is 9.25. The average Bonchev–Trinajstić information content (AvgIpc) is 3.45. The Morgan fingerprint density at radius 2 is 1.85 bits per heavy atom. The molecule has 0 saturated heterocycles. The number of anilines is 1. The fourth-order valence-electron chi connectivity index (χ4n) is 3.88. The number of amides is 2. The third-order valence-electron chi connectivity index (χ3n) is 5.59. The summed E-state index contributed by atoms with van der Waals surface area (Å²) in [5.41, 5.74) is 3.76. The van der Waals surface area contributed by atoms with Crippen molar-refractivity contribution in [2.75, 3.05) is 18.7 Å². The Labute approximate surface area is 201 Å². The Kier molecular flexibility index (Phi) is 6.03. The molecule has 2 heterocycles. The molecule has 1 aliphatic heterocycles. The van der Waals surface area contributed by atoms with Gasteiger partial charge in [-0.1, -0.05) is 47.5 Å². The molecule has 0 unspecified atom stereocenters. The van der Waals surface area contributed by atoms with Crippen molar-refractivity contribution in [2.24, 2.45) is 0 Å². The number of carbonyl (C=O) groups is 1. The third kappa shape index (κ3) is 4.72. The smallest absolute Gasteiger partial charge is 0.322 e. The number of aromatic nitrogens is 1. The number of carbonyl (C=O) groups excluding carboxylic acids is 1. The van der Waals surface area contributed by atoms with Crippen molar-refractivity contribution in [1.29, 1.82) is 0 Å². The van der Waals surface area contributed by atoms with Crippen molar-refractivity contribution < 1.29 is 14.3 Å². The second-order valence-corrected chi connectivity index (χ2v) is 8.59. The highest BCUT2D eigenvalue weighted by molar-refractivity contribution is 6.42. The lowest BCUT2D eigenvalue weighted by Gasteiger charge is -2.23. The van der Waals surface area contributed by atoms with Crippen LogP contribution in [0.2, 0.25) is 10.0 Å². The van der Waals surface area contributed by atoms with Crippen LogP contribution in [0.3, 0.4) is 0 Å². The van der Waals surface area contributed by atoms with Gasteiger partial charge in [-0.3, -0.25) is 0 Å². The molecule has 0 atom stereocenters. The zero-order chi connectivity index (χ0) is 22.8. The van der Waals surface area contributed by atoms with Gasteiger partial charge in [0, 0.05) is 35.9 Å². The van der Waals surface area contributed by atoms with Crippen LogP contribution >= 0.6 is 23.2 Å².